The first-order valence-electron chi connectivity index (χ1n) is 7.03. The van der Waals surface area contributed by atoms with Crippen LogP contribution in [-0.2, 0) is 4.74 Å². The Kier molecular flexibility index (Phi) is 5.55. The van der Waals surface area contributed by atoms with Gasteiger partial charge in [-0.1, -0.05) is 17.7 Å². The summed E-state index contributed by atoms with van der Waals surface area (Å²) < 4.78 is 10.8. The normalized spacial score (nSPS) is 10.3. The number of esters is 1. The molecule has 0 aliphatic rings. The van der Waals surface area contributed by atoms with Crippen LogP contribution in [0.4, 0.5) is 0 Å². The van der Waals surface area contributed by atoms with Crippen molar-refractivity contribution in [3.63, 3.8) is 0 Å². The second-order valence-corrected chi connectivity index (χ2v) is 6.02. The second-order valence-electron chi connectivity index (χ2n) is 5.17. The van der Waals surface area contributed by atoms with Gasteiger partial charge in [-0.2, -0.15) is 0 Å². The number of aryl methyl sites for hydroxylation is 2. The van der Waals surface area contributed by atoms with E-state index in [1.807, 2.05) is 32.0 Å². The van der Waals surface area contributed by atoms with Crippen molar-refractivity contribution in [3.05, 3.63) is 63.1 Å². The number of methoxy groups -OCH3 is 1. The first-order chi connectivity index (χ1) is 10.9. The summed E-state index contributed by atoms with van der Waals surface area (Å²) in [5, 5.41) is 0. The van der Waals surface area contributed by atoms with Gasteiger partial charge in [-0.3, -0.25) is 4.79 Å². The van der Waals surface area contributed by atoms with Crippen LogP contribution in [0.1, 0.15) is 31.8 Å². The van der Waals surface area contributed by atoms with Crippen molar-refractivity contribution in [2.24, 2.45) is 0 Å². The third-order valence-electron chi connectivity index (χ3n) is 3.41. The molecule has 2 rings (SSSR count). The smallest absolute Gasteiger partial charge is 0.337 e. The van der Waals surface area contributed by atoms with Crippen LogP contribution >= 0.6 is 15.9 Å². The quantitative estimate of drug-likeness (QED) is 0.581. The van der Waals surface area contributed by atoms with Crippen LogP contribution in [0.5, 0.6) is 5.75 Å². The molecule has 0 N–H and O–H groups in total. The molecular weight excluding hydrogens is 360 g/mol. The number of hydrogen-bond acceptors (Lipinski definition) is 4. The number of carbonyl (C=O) groups excluding carboxylic acids is 2. The van der Waals surface area contributed by atoms with Crippen LogP contribution in [0.2, 0.25) is 0 Å². The molecule has 0 saturated heterocycles. The summed E-state index contributed by atoms with van der Waals surface area (Å²) in [4.78, 5) is 23.8. The second kappa shape index (κ2) is 7.42. The lowest BCUT2D eigenvalue weighted by Gasteiger charge is -2.10. The number of halogens is 1. The summed E-state index contributed by atoms with van der Waals surface area (Å²) in [5.41, 5.74) is 3.02. The van der Waals surface area contributed by atoms with Gasteiger partial charge in [0.05, 0.1) is 17.1 Å². The number of ketones is 1. The van der Waals surface area contributed by atoms with Gasteiger partial charge in [0.25, 0.3) is 0 Å². The van der Waals surface area contributed by atoms with Crippen molar-refractivity contribution in [3.8, 4) is 5.75 Å². The van der Waals surface area contributed by atoms with Gasteiger partial charge in [-0.25, -0.2) is 4.79 Å². The van der Waals surface area contributed by atoms with Crippen molar-refractivity contribution in [1.82, 2.24) is 0 Å². The van der Waals surface area contributed by atoms with Crippen molar-refractivity contribution in [2.45, 2.75) is 13.8 Å². The minimum Gasteiger partial charge on any atom is -0.484 e. The van der Waals surface area contributed by atoms with Gasteiger partial charge in [0.15, 0.2) is 12.4 Å². The van der Waals surface area contributed by atoms with Crippen LogP contribution in [0, 0.1) is 13.8 Å². The van der Waals surface area contributed by atoms with Gasteiger partial charge >= 0.3 is 5.97 Å². The zero-order valence-electron chi connectivity index (χ0n) is 13.2. The van der Waals surface area contributed by atoms with E-state index in [1.54, 1.807) is 18.2 Å². The van der Waals surface area contributed by atoms with Gasteiger partial charge in [0.2, 0.25) is 0 Å². The average Bonchev–Trinajstić information content (AvgIpc) is 2.54. The molecule has 2 aromatic rings. The average molecular weight is 377 g/mol. The fourth-order valence-electron chi connectivity index (χ4n) is 2.12. The number of ether oxygens (including phenoxy) is 2. The zero-order valence-corrected chi connectivity index (χ0v) is 14.8. The molecule has 0 atom stereocenters. The molecule has 2 aromatic carbocycles. The van der Waals surface area contributed by atoms with Gasteiger partial charge in [0, 0.05) is 5.56 Å². The molecule has 0 heterocycles. The molecule has 0 unspecified atom stereocenters. The highest BCUT2D eigenvalue weighted by atomic mass is 79.9. The Bertz CT molecular complexity index is 753. The minimum atomic E-state index is -0.427. The molecule has 0 amide bonds. The van der Waals surface area contributed by atoms with Gasteiger partial charge in [-0.15, -0.1) is 0 Å². The fraction of sp³-hybridized carbons (Fsp3) is 0.222. The summed E-state index contributed by atoms with van der Waals surface area (Å²) in [6.07, 6.45) is 0. The fourth-order valence-corrected chi connectivity index (χ4v) is 2.61. The van der Waals surface area contributed by atoms with Crippen LogP contribution in [0.25, 0.3) is 0 Å². The first kappa shape index (κ1) is 17.2. The van der Waals surface area contributed by atoms with Gasteiger partial charge in [0.1, 0.15) is 5.75 Å². The van der Waals surface area contributed by atoms with E-state index in [9.17, 15) is 9.59 Å². The molecule has 0 bridgehead atoms. The molecule has 120 valence electrons. The van der Waals surface area contributed by atoms with Crippen LogP contribution in [0.3, 0.4) is 0 Å². The standard InChI is InChI=1S/C18H17BrO4/c1-11-4-5-12(2)14(8-11)16(20)10-23-17-7-6-13(9-15(17)19)18(21)22-3/h4-9H,10H2,1-3H3. The summed E-state index contributed by atoms with van der Waals surface area (Å²) in [6.45, 7) is 3.77. The summed E-state index contributed by atoms with van der Waals surface area (Å²) in [6, 6.07) is 10.6. The van der Waals surface area contributed by atoms with Gasteiger partial charge in [-0.05, 0) is 59.6 Å². The Hall–Kier alpha value is -2.14. The third kappa shape index (κ3) is 4.20. The summed E-state index contributed by atoms with van der Waals surface area (Å²) in [5.74, 6) is -0.0184. The van der Waals surface area contributed by atoms with E-state index in [0.717, 1.165) is 11.1 Å². The van der Waals surface area contributed by atoms with Crippen LogP contribution in [0.15, 0.2) is 40.9 Å². The molecule has 0 aromatic heterocycles. The SMILES string of the molecule is COC(=O)c1ccc(OCC(=O)c2cc(C)ccc2C)c(Br)c1. The highest BCUT2D eigenvalue weighted by molar-refractivity contribution is 9.10. The lowest BCUT2D eigenvalue weighted by Crippen LogP contribution is -2.13. The van der Waals surface area contributed by atoms with Crippen molar-refractivity contribution < 1.29 is 19.1 Å². The Balaban J connectivity index is 2.10. The Morgan fingerprint density at radius 3 is 2.48 bits per heavy atom. The monoisotopic (exact) mass is 376 g/mol. The summed E-state index contributed by atoms with van der Waals surface area (Å²) >= 11 is 3.33. The number of carbonyl (C=O) groups is 2. The first-order valence-corrected chi connectivity index (χ1v) is 7.83. The molecule has 0 spiro atoms. The largest absolute Gasteiger partial charge is 0.484 e. The molecule has 0 saturated carbocycles. The van der Waals surface area contributed by atoms with Crippen molar-refractivity contribution in [1.29, 1.82) is 0 Å². The third-order valence-corrected chi connectivity index (χ3v) is 4.02. The zero-order chi connectivity index (χ0) is 17.0. The Morgan fingerprint density at radius 2 is 1.83 bits per heavy atom. The van der Waals surface area contributed by atoms with Crippen LogP contribution < -0.4 is 4.74 Å². The number of rotatable bonds is 5. The minimum absolute atomic E-state index is 0.0690. The van der Waals surface area contributed by atoms with Crippen molar-refractivity contribution in [2.75, 3.05) is 13.7 Å². The Morgan fingerprint density at radius 1 is 1.09 bits per heavy atom. The Labute approximate surface area is 143 Å². The maximum Gasteiger partial charge on any atom is 0.337 e. The number of benzene rings is 2. The highest BCUT2D eigenvalue weighted by Crippen LogP contribution is 2.26. The van der Waals surface area contributed by atoms with Gasteiger partial charge < -0.3 is 9.47 Å². The number of hydrogen-bond donors (Lipinski definition) is 0. The molecular formula is C18H17BrO4. The molecule has 0 aliphatic heterocycles. The lowest BCUT2D eigenvalue weighted by atomic mass is 10.0. The van der Waals surface area contributed by atoms with Crippen LogP contribution in [-0.4, -0.2) is 25.5 Å². The maximum absolute atomic E-state index is 12.3. The molecule has 0 radical (unpaired) electrons. The van der Waals surface area contributed by atoms with E-state index < -0.39 is 5.97 Å². The van der Waals surface area contributed by atoms with E-state index in [0.29, 0.717) is 21.3 Å². The molecule has 5 heteroatoms. The van der Waals surface area contributed by atoms with E-state index in [-0.39, 0.29) is 12.4 Å². The summed E-state index contributed by atoms with van der Waals surface area (Å²) in [7, 11) is 1.32. The number of Topliss-reactive ketones (excluding diaryl/α,β-unsaturated/α-hetero) is 1. The van der Waals surface area contributed by atoms with E-state index in [1.165, 1.54) is 7.11 Å². The van der Waals surface area contributed by atoms with E-state index in [4.69, 9.17) is 4.74 Å². The van der Waals surface area contributed by atoms with Crippen molar-refractivity contribution >= 4 is 27.7 Å². The maximum atomic E-state index is 12.3. The van der Waals surface area contributed by atoms with E-state index in [2.05, 4.69) is 20.7 Å². The lowest BCUT2D eigenvalue weighted by molar-refractivity contribution is 0.0600. The highest BCUT2D eigenvalue weighted by Gasteiger charge is 2.13. The molecule has 0 aliphatic carbocycles. The molecule has 23 heavy (non-hydrogen) atoms. The molecule has 4 nitrogen and oxygen atoms in total. The topological polar surface area (TPSA) is 52.6 Å². The van der Waals surface area contributed by atoms with E-state index >= 15 is 0 Å². The predicted octanol–water partition coefficient (Wildman–Crippen LogP) is 4.11. The molecule has 0 fully saturated rings. The predicted molar refractivity (Wildman–Crippen MR) is 91.2 cm³/mol.